The predicted octanol–water partition coefficient (Wildman–Crippen LogP) is 1.74. The van der Waals surface area contributed by atoms with Crippen molar-refractivity contribution in [3.63, 3.8) is 0 Å². The maximum atomic E-state index is 13.3. The summed E-state index contributed by atoms with van der Waals surface area (Å²) in [5, 5.41) is 19.9. The topological polar surface area (TPSA) is 101 Å². The van der Waals surface area contributed by atoms with Gasteiger partial charge in [-0.25, -0.2) is 9.18 Å². The molecule has 34 heavy (non-hydrogen) atoms. The predicted molar refractivity (Wildman–Crippen MR) is 125 cm³/mol. The molecule has 1 aromatic carbocycles. The van der Waals surface area contributed by atoms with Crippen molar-refractivity contribution in [3.8, 4) is 0 Å². The Morgan fingerprint density at radius 3 is 2.47 bits per heavy atom. The fourth-order valence-electron chi connectivity index (χ4n) is 5.36. The lowest BCUT2D eigenvalue weighted by Crippen LogP contribution is -2.63. The van der Waals surface area contributed by atoms with Gasteiger partial charge in [-0.3, -0.25) is 14.5 Å². The summed E-state index contributed by atoms with van der Waals surface area (Å²) in [6.45, 7) is 4.47. The summed E-state index contributed by atoms with van der Waals surface area (Å²) in [5.41, 5.74) is 0.884. The number of rotatable bonds is 7. The number of amides is 2. The number of fused-ring (bicyclic) bond motifs is 1. The number of carboxylic acid groups (broad SMARTS) is 1. The maximum absolute atomic E-state index is 13.3. The van der Waals surface area contributed by atoms with Crippen molar-refractivity contribution >= 4 is 29.5 Å². The number of aliphatic carboxylic acids is 1. The number of carbonyl (C=O) groups is 3. The van der Waals surface area contributed by atoms with Gasteiger partial charge in [0.05, 0.1) is 24.1 Å². The van der Waals surface area contributed by atoms with Crippen LogP contribution in [-0.2, 0) is 20.9 Å². The summed E-state index contributed by atoms with van der Waals surface area (Å²) in [6.07, 6.45) is -0.319. The first-order chi connectivity index (χ1) is 16.0. The number of thioether (sulfide) groups is 1. The number of benzene rings is 1. The highest BCUT2D eigenvalue weighted by Crippen LogP contribution is 2.52. The summed E-state index contributed by atoms with van der Waals surface area (Å²) in [7, 11) is 3.41. The molecule has 2 saturated heterocycles. The van der Waals surface area contributed by atoms with E-state index in [0.717, 1.165) is 5.56 Å². The van der Waals surface area contributed by atoms with Gasteiger partial charge in [-0.2, -0.15) is 0 Å². The van der Waals surface area contributed by atoms with Crippen molar-refractivity contribution in [2.75, 3.05) is 20.6 Å². The number of hydrogen-bond acceptors (Lipinski definition) is 6. The van der Waals surface area contributed by atoms with E-state index < -0.39 is 18.0 Å². The number of aliphatic hydroxyl groups excluding tert-OH is 1. The highest BCUT2D eigenvalue weighted by Gasteiger charge is 2.60. The molecule has 0 unspecified atom stereocenters. The minimum atomic E-state index is -1.16. The van der Waals surface area contributed by atoms with Crippen LogP contribution in [0.15, 0.2) is 34.9 Å². The number of halogens is 1. The first kappa shape index (κ1) is 24.7. The third kappa shape index (κ3) is 4.23. The first-order valence-electron chi connectivity index (χ1n) is 11.4. The Hall–Kier alpha value is -2.43. The molecule has 3 aliphatic rings. The number of carbonyl (C=O) groups excluding carboxylic acids is 2. The maximum Gasteiger partial charge on any atom is 0.353 e. The number of β-lactam (4-membered cyclic amide) rings is 1. The normalized spacial score (nSPS) is 29.8. The van der Waals surface area contributed by atoms with Gasteiger partial charge in [-0.05, 0) is 31.0 Å². The van der Waals surface area contributed by atoms with Crippen molar-refractivity contribution in [1.82, 2.24) is 14.7 Å². The largest absolute Gasteiger partial charge is 0.477 e. The van der Waals surface area contributed by atoms with E-state index in [0.29, 0.717) is 24.4 Å². The first-order valence-corrected chi connectivity index (χ1v) is 12.2. The van der Waals surface area contributed by atoms with Crippen LogP contribution in [0.5, 0.6) is 0 Å². The number of likely N-dealkylation sites (tertiary alicyclic amines) is 1. The number of hydrogen-bond donors (Lipinski definition) is 2. The van der Waals surface area contributed by atoms with Crippen LogP contribution < -0.4 is 0 Å². The molecule has 2 fully saturated rings. The SMILES string of the molecule is C[C@@H](O)[C@H]1C(=O)N2C(C(=O)O)=C(S[C@H]3C[C@@H](C(=O)N(C)C)N(Cc4ccc(F)cc4)C3)[C@H](C)[C@H]12. The quantitative estimate of drug-likeness (QED) is 0.561. The molecule has 184 valence electrons. The summed E-state index contributed by atoms with van der Waals surface area (Å²) in [5.74, 6) is -2.70. The minimum absolute atomic E-state index is 0.00290. The second-order valence-corrected chi connectivity index (χ2v) is 10.9. The van der Waals surface area contributed by atoms with E-state index in [4.69, 9.17) is 0 Å². The van der Waals surface area contributed by atoms with Crippen LogP contribution in [0.1, 0.15) is 25.8 Å². The number of carboxylic acids is 1. The van der Waals surface area contributed by atoms with Crippen molar-refractivity contribution < 1.29 is 29.0 Å². The van der Waals surface area contributed by atoms with Crippen LogP contribution in [0.4, 0.5) is 4.39 Å². The number of nitrogens with zero attached hydrogens (tertiary/aromatic N) is 3. The number of likely N-dealkylation sites (N-methyl/N-ethyl adjacent to an activating group) is 1. The van der Waals surface area contributed by atoms with Crippen molar-refractivity contribution in [2.24, 2.45) is 11.8 Å². The molecule has 8 nitrogen and oxygen atoms in total. The standard InChI is InChI=1S/C24H30FN3O5S/c1-12-19-18(13(2)29)23(31)28(19)20(24(32)33)21(12)34-16-9-17(22(30)26(3)4)27(11-16)10-14-5-7-15(25)8-6-14/h5-8,12-13,16-19,29H,9-11H2,1-4H3,(H,32,33)/t12-,13-,16+,17+,18-,19-/m1/s1. The number of aliphatic hydroxyl groups is 1. The molecule has 3 heterocycles. The Morgan fingerprint density at radius 2 is 1.91 bits per heavy atom. The summed E-state index contributed by atoms with van der Waals surface area (Å²) >= 11 is 1.42. The van der Waals surface area contributed by atoms with Crippen molar-refractivity contribution in [2.45, 2.75) is 50.3 Å². The van der Waals surface area contributed by atoms with E-state index in [9.17, 15) is 29.0 Å². The van der Waals surface area contributed by atoms with Crippen LogP contribution in [0.25, 0.3) is 0 Å². The van der Waals surface area contributed by atoms with Gasteiger partial charge in [0, 0.05) is 43.3 Å². The van der Waals surface area contributed by atoms with Crippen LogP contribution in [0.3, 0.4) is 0 Å². The van der Waals surface area contributed by atoms with E-state index in [1.165, 1.54) is 28.8 Å². The van der Waals surface area contributed by atoms with E-state index in [1.807, 2.05) is 11.8 Å². The Labute approximate surface area is 202 Å². The molecule has 10 heteroatoms. The van der Waals surface area contributed by atoms with E-state index in [2.05, 4.69) is 0 Å². The van der Waals surface area contributed by atoms with Crippen LogP contribution in [0.2, 0.25) is 0 Å². The lowest BCUT2D eigenvalue weighted by Gasteiger charge is -2.46. The monoisotopic (exact) mass is 491 g/mol. The zero-order chi connectivity index (χ0) is 24.9. The summed E-state index contributed by atoms with van der Waals surface area (Å²) in [4.78, 5) is 43.2. The van der Waals surface area contributed by atoms with Crippen LogP contribution >= 0.6 is 11.8 Å². The molecule has 0 aliphatic carbocycles. The van der Waals surface area contributed by atoms with Crippen molar-refractivity contribution in [3.05, 3.63) is 46.2 Å². The average Bonchev–Trinajstić information content (AvgIpc) is 3.26. The van der Waals surface area contributed by atoms with Gasteiger partial charge in [0.1, 0.15) is 11.5 Å². The Bertz CT molecular complexity index is 1030. The van der Waals surface area contributed by atoms with Crippen molar-refractivity contribution in [1.29, 1.82) is 0 Å². The molecule has 0 aromatic heterocycles. The molecule has 0 radical (unpaired) electrons. The fourth-order valence-corrected chi connectivity index (χ4v) is 6.91. The molecular formula is C24H30FN3O5S. The molecule has 2 N–H and O–H groups in total. The van der Waals surface area contributed by atoms with Gasteiger partial charge < -0.3 is 20.0 Å². The molecule has 0 bridgehead atoms. The van der Waals surface area contributed by atoms with Gasteiger partial charge >= 0.3 is 5.97 Å². The Kier molecular flexibility index (Phi) is 6.76. The zero-order valence-corrected chi connectivity index (χ0v) is 20.5. The van der Waals surface area contributed by atoms with Gasteiger partial charge in [-0.1, -0.05) is 19.1 Å². The fraction of sp³-hybridized carbons (Fsp3) is 0.542. The second-order valence-electron chi connectivity index (χ2n) is 9.55. The molecule has 1 aromatic rings. The third-order valence-corrected chi connectivity index (χ3v) is 8.49. The van der Waals surface area contributed by atoms with E-state index in [-0.39, 0.29) is 46.6 Å². The molecule has 6 atom stereocenters. The molecule has 4 rings (SSSR count). The highest BCUT2D eigenvalue weighted by molar-refractivity contribution is 8.03. The molecule has 0 spiro atoms. The second kappa shape index (κ2) is 9.31. The zero-order valence-electron chi connectivity index (χ0n) is 19.6. The van der Waals surface area contributed by atoms with Crippen LogP contribution in [0, 0.1) is 17.7 Å². The smallest absolute Gasteiger partial charge is 0.353 e. The molecular weight excluding hydrogens is 461 g/mol. The lowest BCUT2D eigenvalue weighted by molar-refractivity contribution is -0.163. The molecule has 2 amide bonds. The summed E-state index contributed by atoms with van der Waals surface area (Å²) < 4.78 is 13.3. The summed E-state index contributed by atoms with van der Waals surface area (Å²) in [6, 6.07) is 5.44. The van der Waals surface area contributed by atoms with E-state index >= 15 is 0 Å². The van der Waals surface area contributed by atoms with Crippen LogP contribution in [-0.4, -0.2) is 86.8 Å². The van der Waals surface area contributed by atoms with Gasteiger partial charge in [0.2, 0.25) is 11.8 Å². The molecule has 3 aliphatic heterocycles. The van der Waals surface area contributed by atoms with Gasteiger partial charge in [-0.15, -0.1) is 11.8 Å². The Balaban J connectivity index is 1.57. The lowest BCUT2D eigenvalue weighted by atomic mass is 9.79. The third-order valence-electron chi connectivity index (χ3n) is 6.99. The highest BCUT2D eigenvalue weighted by atomic mass is 32.2. The van der Waals surface area contributed by atoms with E-state index in [1.54, 1.807) is 38.1 Å². The van der Waals surface area contributed by atoms with Gasteiger partial charge in [0.15, 0.2) is 0 Å². The minimum Gasteiger partial charge on any atom is -0.477 e. The molecule has 0 saturated carbocycles. The van der Waals surface area contributed by atoms with Gasteiger partial charge in [0.25, 0.3) is 0 Å². The Morgan fingerprint density at radius 1 is 1.26 bits per heavy atom. The average molecular weight is 492 g/mol.